The average Bonchev–Trinajstić information content (AvgIpc) is 2.15. The average molecular weight is 274 g/mol. The molecule has 0 radical (unpaired) electrons. The minimum Gasteiger partial charge on any atom is -0.166 e. The lowest BCUT2D eigenvalue weighted by atomic mass is 10.1. The summed E-state index contributed by atoms with van der Waals surface area (Å²) >= 11 is 0.936. The number of thioether (sulfide) groups is 1. The van der Waals surface area contributed by atoms with Gasteiger partial charge in [0.05, 0.1) is 11.1 Å². The van der Waals surface area contributed by atoms with Gasteiger partial charge < -0.3 is 0 Å². The number of rotatable bonds is 2. The Hall–Kier alpha value is -0.850. The summed E-state index contributed by atoms with van der Waals surface area (Å²) in [5.74, 6) is 0.401. The summed E-state index contributed by atoms with van der Waals surface area (Å²) in [4.78, 5) is -0.0327. The van der Waals surface area contributed by atoms with Crippen LogP contribution in [0, 0.1) is 0 Å². The van der Waals surface area contributed by atoms with Gasteiger partial charge in [-0.1, -0.05) is 6.92 Å². The van der Waals surface area contributed by atoms with E-state index in [-0.39, 0.29) is 11.0 Å². The largest absolute Gasteiger partial charge is 0.416 e. The van der Waals surface area contributed by atoms with Gasteiger partial charge in [-0.05, 0) is 24.0 Å². The van der Waals surface area contributed by atoms with Gasteiger partial charge in [0, 0.05) is 4.90 Å². The van der Waals surface area contributed by atoms with Gasteiger partial charge in [-0.2, -0.15) is 26.3 Å². The second-order valence-electron chi connectivity index (χ2n) is 3.17. The van der Waals surface area contributed by atoms with Crippen molar-refractivity contribution in [2.24, 2.45) is 0 Å². The smallest absolute Gasteiger partial charge is 0.166 e. The van der Waals surface area contributed by atoms with E-state index in [9.17, 15) is 26.3 Å². The zero-order valence-electron chi connectivity index (χ0n) is 8.62. The van der Waals surface area contributed by atoms with E-state index in [2.05, 4.69) is 0 Å². The van der Waals surface area contributed by atoms with Crippen LogP contribution in [0.4, 0.5) is 26.3 Å². The molecule has 0 aliphatic rings. The molecule has 0 heterocycles. The van der Waals surface area contributed by atoms with Crippen molar-refractivity contribution >= 4 is 11.8 Å². The lowest BCUT2D eigenvalue weighted by Crippen LogP contribution is -2.10. The molecule has 96 valence electrons. The van der Waals surface area contributed by atoms with Gasteiger partial charge in [0.15, 0.2) is 0 Å². The summed E-state index contributed by atoms with van der Waals surface area (Å²) in [6.07, 6.45) is -9.55. The first kappa shape index (κ1) is 14.2. The van der Waals surface area contributed by atoms with Crippen LogP contribution >= 0.6 is 11.8 Å². The zero-order valence-corrected chi connectivity index (χ0v) is 9.43. The molecular weight excluding hydrogens is 266 g/mol. The van der Waals surface area contributed by atoms with Gasteiger partial charge in [-0.15, -0.1) is 11.8 Å². The maximum absolute atomic E-state index is 12.4. The van der Waals surface area contributed by atoms with Crippen molar-refractivity contribution in [2.45, 2.75) is 24.2 Å². The van der Waals surface area contributed by atoms with E-state index in [1.807, 2.05) is 0 Å². The third-order valence-corrected chi connectivity index (χ3v) is 2.73. The van der Waals surface area contributed by atoms with Crippen LogP contribution in [0.15, 0.2) is 23.1 Å². The first-order chi connectivity index (χ1) is 7.64. The number of halogens is 6. The summed E-state index contributed by atoms with van der Waals surface area (Å²) in [5.41, 5.74) is -2.55. The Balaban J connectivity index is 3.29. The van der Waals surface area contributed by atoms with Crippen molar-refractivity contribution in [1.29, 1.82) is 0 Å². The highest BCUT2D eigenvalue weighted by Crippen LogP contribution is 2.38. The summed E-state index contributed by atoms with van der Waals surface area (Å²) in [6.45, 7) is 1.65. The Labute approximate surface area is 98.0 Å². The van der Waals surface area contributed by atoms with Crippen molar-refractivity contribution in [3.63, 3.8) is 0 Å². The molecule has 7 heteroatoms. The molecule has 0 nitrogen and oxygen atoms in total. The van der Waals surface area contributed by atoms with E-state index in [0.29, 0.717) is 5.75 Å². The van der Waals surface area contributed by atoms with Gasteiger partial charge in [-0.25, -0.2) is 0 Å². The summed E-state index contributed by atoms with van der Waals surface area (Å²) in [5, 5.41) is 0. The molecule has 0 amide bonds. The molecule has 17 heavy (non-hydrogen) atoms. The normalized spacial score (nSPS) is 12.9. The quantitative estimate of drug-likeness (QED) is 0.549. The summed E-state index contributed by atoms with van der Waals surface area (Å²) < 4.78 is 74.4. The second kappa shape index (κ2) is 4.80. The van der Waals surface area contributed by atoms with Crippen LogP contribution < -0.4 is 0 Å². The predicted molar refractivity (Wildman–Crippen MR) is 52.8 cm³/mol. The van der Waals surface area contributed by atoms with E-state index in [0.717, 1.165) is 23.9 Å². The van der Waals surface area contributed by atoms with Crippen LogP contribution in [0.2, 0.25) is 0 Å². The van der Waals surface area contributed by atoms with Crippen LogP contribution in [0.25, 0.3) is 0 Å². The SMILES string of the molecule is CCSc1cc(C(F)(F)F)cc(C(F)(F)F)c1. The van der Waals surface area contributed by atoms with Gasteiger partial charge in [0.25, 0.3) is 0 Å². The number of hydrogen-bond acceptors (Lipinski definition) is 1. The van der Waals surface area contributed by atoms with Gasteiger partial charge in [0.2, 0.25) is 0 Å². The molecule has 1 aromatic carbocycles. The first-order valence-electron chi connectivity index (χ1n) is 4.57. The minimum absolute atomic E-state index is 0.0327. The molecule has 0 atom stereocenters. The first-order valence-corrected chi connectivity index (χ1v) is 5.55. The molecule has 0 spiro atoms. The Kier molecular flexibility index (Phi) is 4.01. The molecule has 0 saturated carbocycles. The molecule has 0 aromatic heterocycles. The third kappa shape index (κ3) is 3.83. The maximum Gasteiger partial charge on any atom is 0.416 e. The van der Waals surface area contributed by atoms with E-state index in [1.54, 1.807) is 6.92 Å². The Morgan fingerprint density at radius 3 is 1.59 bits per heavy atom. The van der Waals surface area contributed by atoms with E-state index in [4.69, 9.17) is 0 Å². The van der Waals surface area contributed by atoms with Crippen molar-refractivity contribution in [1.82, 2.24) is 0 Å². The van der Waals surface area contributed by atoms with Crippen molar-refractivity contribution in [3.05, 3.63) is 29.3 Å². The monoisotopic (exact) mass is 274 g/mol. The molecule has 0 bridgehead atoms. The Bertz CT molecular complexity index is 361. The molecule has 0 N–H and O–H groups in total. The molecule has 1 aromatic rings. The van der Waals surface area contributed by atoms with Crippen molar-refractivity contribution in [2.75, 3.05) is 5.75 Å². The van der Waals surface area contributed by atoms with Crippen LogP contribution in [-0.4, -0.2) is 5.75 Å². The van der Waals surface area contributed by atoms with Gasteiger partial charge in [0.1, 0.15) is 0 Å². The third-order valence-electron chi connectivity index (χ3n) is 1.87. The topological polar surface area (TPSA) is 0 Å². The van der Waals surface area contributed by atoms with Crippen LogP contribution in [0.5, 0.6) is 0 Å². The fourth-order valence-electron chi connectivity index (χ4n) is 1.18. The summed E-state index contributed by atoms with van der Waals surface area (Å²) in [7, 11) is 0. The summed E-state index contributed by atoms with van der Waals surface area (Å²) in [6, 6.07) is 1.58. The lowest BCUT2D eigenvalue weighted by Gasteiger charge is -2.13. The molecule has 0 aliphatic carbocycles. The fraction of sp³-hybridized carbons (Fsp3) is 0.400. The van der Waals surface area contributed by atoms with E-state index in [1.165, 1.54) is 0 Å². The highest BCUT2D eigenvalue weighted by molar-refractivity contribution is 7.99. The Morgan fingerprint density at radius 1 is 0.882 bits per heavy atom. The fourth-order valence-corrected chi connectivity index (χ4v) is 1.93. The van der Waals surface area contributed by atoms with Crippen LogP contribution in [-0.2, 0) is 12.4 Å². The zero-order chi connectivity index (χ0) is 13.3. The highest BCUT2D eigenvalue weighted by Gasteiger charge is 2.36. The number of benzene rings is 1. The van der Waals surface area contributed by atoms with E-state index < -0.39 is 23.5 Å². The van der Waals surface area contributed by atoms with Crippen molar-refractivity contribution in [3.8, 4) is 0 Å². The van der Waals surface area contributed by atoms with Gasteiger partial charge in [-0.3, -0.25) is 0 Å². The minimum atomic E-state index is -4.77. The van der Waals surface area contributed by atoms with E-state index >= 15 is 0 Å². The number of alkyl halides is 6. The van der Waals surface area contributed by atoms with Crippen molar-refractivity contribution < 1.29 is 26.3 Å². The molecule has 0 fully saturated rings. The standard InChI is InChI=1S/C10H8F6S/c1-2-17-8-4-6(9(11,12)13)3-7(5-8)10(14,15)16/h3-5H,2H2,1H3. The maximum atomic E-state index is 12.4. The molecule has 0 unspecified atom stereocenters. The molecule has 1 rings (SSSR count). The molecule has 0 aliphatic heterocycles. The van der Waals surface area contributed by atoms with Crippen LogP contribution in [0.3, 0.4) is 0 Å². The van der Waals surface area contributed by atoms with Gasteiger partial charge >= 0.3 is 12.4 Å². The predicted octanol–water partition coefficient (Wildman–Crippen LogP) is 4.84. The molecule has 0 saturated heterocycles. The Morgan fingerprint density at radius 2 is 1.29 bits per heavy atom. The molecular formula is C10H8F6S. The second-order valence-corrected chi connectivity index (χ2v) is 4.51. The lowest BCUT2D eigenvalue weighted by molar-refractivity contribution is -0.143. The number of hydrogen-bond donors (Lipinski definition) is 0. The highest BCUT2D eigenvalue weighted by atomic mass is 32.2. The van der Waals surface area contributed by atoms with Crippen LogP contribution in [0.1, 0.15) is 18.1 Å².